The minimum Gasteiger partial charge on any atom is -0.392 e. The van der Waals surface area contributed by atoms with Crippen LogP contribution in [0.3, 0.4) is 0 Å². The number of amides is 2. The van der Waals surface area contributed by atoms with Gasteiger partial charge in [-0.15, -0.1) is 6.58 Å². The standard InChI is InChI=1S/C42H55N3O5/c1-4-26-45(37-13-8-9-14-37)28-39-30(2)41(34-19-17-32(29-46)18-20-34)50-42(49-39)35-23-21-33(22-24-35)38-15-10-7-12-36(38)27-44-40(48)16-6-5-11-25-43-31(3)47/h4,7,10,12,15,17-24,30,37,39,41-42,46H,1,5-6,8-9,11,13-14,16,25-29H2,2-3H3,(H,43,47)(H,44,48)/t30-,39+,41+,42+/m0/s1. The third kappa shape index (κ3) is 10.4. The van der Waals surface area contributed by atoms with Crippen LogP contribution in [0.1, 0.15) is 99.9 Å². The lowest BCUT2D eigenvalue weighted by Gasteiger charge is -2.43. The van der Waals surface area contributed by atoms with Crippen LogP contribution in [0.15, 0.2) is 85.5 Å². The van der Waals surface area contributed by atoms with Gasteiger partial charge in [0.1, 0.15) is 0 Å². The Balaban J connectivity index is 1.28. The van der Waals surface area contributed by atoms with Crippen molar-refractivity contribution in [3.8, 4) is 11.1 Å². The molecule has 268 valence electrons. The number of hydrogen-bond acceptors (Lipinski definition) is 6. The first kappa shape index (κ1) is 37.4. The molecular weight excluding hydrogens is 626 g/mol. The highest BCUT2D eigenvalue weighted by Crippen LogP contribution is 2.42. The normalized spacial score (nSPS) is 20.9. The van der Waals surface area contributed by atoms with Crippen molar-refractivity contribution in [2.45, 2.75) is 103 Å². The number of carbonyl (C=O) groups is 2. The molecule has 1 heterocycles. The van der Waals surface area contributed by atoms with Gasteiger partial charge in [0.25, 0.3) is 0 Å². The molecule has 5 rings (SSSR count). The van der Waals surface area contributed by atoms with Gasteiger partial charge in [0, 0.05) is 57.0 Å². The highest BCUT2D eigenvalue weighted by molar-refractivity contribution is 5.76. The molecule has 3 N–H and O–H groups in total. The van der Waals surface area contributed by atoms with Gasteiger partial charge in [-0.05, 0) is 53.5 Å². The van der Waals surface area contributed by atoms with E-state index in [9.17, 15) is 14.7 Å². The first-order valence-corrected chi connectivity index (χ1v) is 18.4. The first-order valence-electron chi connectivity index (χ1n) is 18.4. The maximum Gasteiger partial charge on any atom is 0.220 e. The number of nitrogens with one attached hydrogen (secondary N) is 2. The van der Waals surface area contributed by atoms with E-state index < -0.39 is 6.29 Å². The molecule has 8 heteroatoms. The summed E-state index contributed by atoms with van der Waals surface area (Å²) in [5, 5.41) is 15.5. The van der Waals surface area contributed by atoms with Gasteiger partial charge in [-0.2, -0.15) is 0 Å². The third-order valence-corrected chi connectivity index (χ3v) is 10.2. The van der Waals surface area contributed by atoms with Crippen molar-refractivity contribution in [2.24, 2.45) is 5.92 Å². The van der Waals surface area contributed by atoms with Crippen LogP contribution in [0.5, 0.6) is 0 Å². The maximum atomic E-state index is 12.6. The molecule has 4 atom stereocenters. The van der Waals surface area contributed by atoms with Crippen LogP contribution >= 0.6 is 0 Å². The Labute approximate surface area is 298 Å². The summed E-state index contributed by atoms with van der Waals surface area (Å²) in [4.78, 5) is 26.1. The maximum absolute atomic E-state index is 12.6. The molecular formula is C42H55N3O5. The molecule has 1 aliphatic heterocycles. The number of hydrogen-bond donors (Lipinski definition) is 3. The smallest absolute Gasteiger partial charge is 0.220 e. The average Bonchev–Trinajstić information content (AvgIpc) is 3.68. The molecule has 1 aliphatic carbocycles. The van der Waals surface area contributed by atoms with E-state index in [2.05, 4.69) is 77.6 Å². The zero-order valence-corrected chi connectivity index (χ0v) is 29.8. The number of rotatable bonds is 17. The van der Waals surface area contributed by atoms with Crippen molar-refractivity contribution in [1.29, 1.82) is 0 Å². The molecule has 0 bridgehead atoms. The zero-order chi connectivity index (χ0) is 35.3. The third-order valence-electron chi connectivity index (χ3n) is 10.2. The van der Waals surface area contributed by atoms with Gasteiger partial charge in [-0.1, -0.05) is 105 Å². The molecule has 0 spiro atoms. The minimum absolute atomic E-state index is 0.0115. The van der Waals surface area contributed by atoms with Crippen molar-refractivity contribution in [2.75, 3.05) is 19.6 Å². The number of ether oxygens (including phenoxy) is 2. The molecule has 8 nitrogen and oxygen atoms in total. The predicted molar refractivity (Wildman–Crippen MR) is 198 cm³/mol. The Morgan fingerprint density at radius 2 is 1.64 bits per heavy atom. The second-order valence-electron chi connectivity index (χ2n) is 13.9. The van der Waals surface area contributed by atoms with Crippen molar-refractivity contribution >= 4 is 11.8 Å². The number of carbonyl (C=O) groups excluding carboxylic acids is 2. The molecule has 0 aromatic heterocycles. The molecule has 50 heavy (non-hydrogen) atoms. The van der Waals surface area contributed by atoms with Gasteiger partial charge in [-0.25, -0.2) is 0 Å². The summed E-state index contributed by atoms with van der Waals surface area (Å²) in [6, 6.07) is 25.2. The van der Waals surface area contributed by atoms with E-state index in [0.717, 1.165) is 65.7 Å². The predicted octanol–water partition coefficient (Wildman–Crippen LogP) is 7.38. The van der Waals surface area contributed by atoms with Crippen LogP contribution in [0.25, 0.3) is 11.1 Å². The summed E-state index contributed by atoms with van der Waals surface area (Å²) < 4.78 is 13.6. The molecule has 1 saturated heterocycles. The molecule has 0 unspecified atom stereocenters. The summed E-state index contributed by atoms with van der Waals surface area (Å²) >= 11 is 0. The van der Waals surface area contributed by atoms with E-state index in [4.69, 9.17) is 9.47 Å². The topological polar surface area (TPSA) is 100 Å². The van der Waals surface area contributed by atoms with Crippen molar-refractivity contribution in [1.82, 2.24) is 15.5 Å². The molecule has 2 fully saturated rings. The monoisotopic (exact) mass is 681 g/mol. The molecule has 1 saturated carbocycles. The minimum atomic E-state index is -0.533. The molecule has 2 amide bonds. The summed E-state index contributed by atoms with van der Waals surface area (Å²) in [7, 11) is 0. The summed E-state index contributed by atoms with van der Waals surface area (Å²) in [6.07, 6.45) is 9.27. The van der Waals surface area contributed by atoms with Crippen LogP contribution in [0.4, 0.5) is 0 Å². The number of nitrogens with zero attached hydrogens (tertiary/aromatic N) is 1. The van der Waals surface area contributed by atoms with Gasteiger partial charge in [0.2, 0.25) is 11.8 Å². The lowest BCUT2D eigenvalue weighted by Crippen LogP contribution is -2.47. The van der Waals surface area contributed by atoms with E-state index in [0.29, 0.717) is 25.6 Å². The van der Waals surface area contributed by atoms with Crippen LogP contribution < -0.4 is 10.6 Å². The largest absolute Gasteiger partial charge is 0.392 e. The summed E-state index contributed by atoms with van der Waals surface area (Å²) in [5.41, 5.74) is 6.12. The lowest BCUT2D eigenvalue weighted by atomic mass is 9.89. The highest BCUT2D eigenvalue weighted by atomic mass is 16.7. The number of aliphatic hydroxyl groups is 1. The Hall–Kier alpha value is -3.82. The van der Waals surface area contributed by atoms with Crippen molar-refractivity contribution in [3.05, 3.63) is 108 Å². The van der Waals surface area contributed by atoms with Crippen LogP contribution in [0, 0.1) is 5.92 Å². The fourth-order valence-corrected chi connectivity index (χ4v) is 7.28. The average molecular weight is 682 g/mol. The fourth-order valence-electron chi connectivity index (χ4n) is 7.28. The number of unbranched alkanes of at least 4 members (excludes halogenated alkanes) is 2. The summed E-state index contributed by atoms with van der Waals surface area (Å²) in [6.45, 7) is 10.6. The molecule has 3 aromatic carbocycles. The van der Waals surface area contributed by atoms with Gasteiger partial charge < -0.3 is 25.2 Å². The Bertz CT molecular complexity index is 1520. The second kappa shape index (κ2) is 19.0. The quantitative estimate of drug-likeness (QED) is 0.102. The van der Waals surface area contributed by atoms with E-state index in [1.54, 1.807) is 0 Å². The second-order valence-corrected chi connectivity index (χ2v) is 13.9. The van der Waals surface area contributed by atoms with E-state index in [-0.39, 0.29) is 36.5 Å². The lowest BCUT2D eigenvalue weighted by molar-refractivity contribution is -0.276. The number of aliphatic hydroxyl groups excluding tert-OH is 1. The molecule has 2 aliphatic rings. The highest BCUT2D eigenvalue weighted by Gasteiger charge is 2.40. The van der Waals surface area contributed by atoms with Gasteiger partial charge >= 0.3 is 0 Å². The van der Waals surface area contributed by atoms with Crippen LogP contribution in [-0.2, 0) is 32.2 Å². The number of benzene rings is 3. The fraction of sp³-hybridized carbons (Fsp3) is 0.476. The molecule has 3 aromatic rings. The Kier molecular flexibility index (Phi) is 14.2. The Morgan fingerprint density at radius 3 is 2.34 bits per heavy atom. The van der Waals surface area contributed by atoms with Gasteiger partial charge in [-0.3, -0.25) is 14.5 Å². The van der Waals surface area contributed by atoms with E-state index >= 15 is 0 Å². The summed E-state index contributed by atoms with van der Waals surface area (Å²) in [5.74, 6) is 0.126. The van der Waals surface area contributed by atoms with Crippen LogP contribution in [0.2, 0.25) is 0 Å². The van der Waals surface area contributed by atoms with Gasteiger partial charge in [0.15, 0.2) is 6.29 Å². The van der Waals surface area contributed by atoms with Gasteiger partial charge in [0.05, 0.1) is 18.8 Å². The van der Waals surface area contributed by atoms with Crippen LogP contribution in [-0.4, -0.2) is 53.6 Å². The van der Waals surface area contributed by atoms with E-state index in [1.807, 2.05) is 30.3 Å². The molecule has 0 radical (unpaired) electrons. The Morgan fingerprint density at radius 1 is 0.920 bits per heavy atom. The zero-order valence-electron chi connectivity index (χ0n) is 29.8. The van der Waals surface area contributed by atoms with E-state index in [1.165, 1.54) is 32.6 Å². The SMILES string of the molecule is C=CCN(C[C@H]1O[C@@H](c2ccc(-c3ccccc3CNC(=O)CCCCCNC(C)=O)cc2)O[C@@H](c2ccc(CO)cc2)[C@H]1C)C1CCCC1. The van der Waals surface area contributed by atoms with Crippen molar-refractivity contribution in [3.63, 3.8) is 0 Å². The van der Waals surface area contributed by atoms with Crippen molar-refractivity contribution < 1.29 is 24.2 Å². The first-order chi connectivity index (χ1) is 24.4.